The van der Waals surface area contributed by atoms with Crippen molar-refractivity contribution < 1.29 is 9.13 Å². The number of rotatable bonds is 4. The molecule has 1 heterocycles. The first-order valence-corrected chi connectivity index (χ1v) is 7.61. The lowest BCUT2D eigenvalue weighted by molar-refractivity contribution is 0.306. The molecule has 0 bridgehead atoms. The molecule has 1 aromatic heterocycles. The maximum atomic E-state index is 13.4. The molecule has 0 aliphatic heterocycles. The van der Waals surface area contributed by atoms with E-state index in [9.17, 15) is 4.39 Å². The Bertz CT molecular complexity index is 738. The monoisotopic (exact) mass is 306 g/mol. The minimum atomic E-state index is -0.326. The Labute approximate surface area is 125 Å². The molecule has 0 N–H and O–H groups in total. The van der Waals surface area contributed by atoms with Crippen LogP contribution in [-0.4, -0.2) is 0 Å². The minimum absolute atomic E-state index is 0.273. The number of hydrogen-bond acceptors (Lipinski definition) is 2. The number of halogens is 2. The maximum Gasteiger partial charge on any atom is 0.127 e. The molecule has 4 heteroatoms. The Kier molecular flexibility index (Phi) is 3.90. The zero-order valence-electron chi connectivity index (χ0n) is 10.6. The molecule has 0 atom stereocenters. The third kappa shape index (κ3) is 2.79. The van der Waals surface area contributed by atoms with Gasteiger partial charge in [0, 0.05) is 22.2 Å². The molecule has 2 aromatic carbocycles. The fourth-order valence-corrected chi connectivity index (χ4v) is 3.19. The molecule has 0 fully saturated rings. The standard InChI is InChI=1S/C16H12ClFOS/c17-8-11-5-13(18)7-14(6-11)19-9-12-10-20-16-4-2-1-3-15(12)16/h1-7,10H,8-9H2. The molecule has 1 nitrogen and oxygen atoms in total. The lowest BCUT2D eigenvalue weighted by Gasteiger charge is -2.07. The Morgan fingerprint density at radius 1 is 1.15 bits per heavy atom. The predicted octanol–water partition coefficient (Wildman–Crippen LogP) is 5.36. The summed E-state index contributed by atoms with van der Waals surface area (Å²) < 4.78 is 20.3. The van der Waals surface area contributed by atoms with Gasteiger partial charge in [0.25, 0.3) is 0 Å². The third-order valence-corrected chi connectivity index (χ3v) is 4.36. The van der Waals surface area contributed by atoms with Crippen molar-refractivity contribution in [3.05, 3.63) is 64.8 Å². The number of alkyl halides is 1. The highest BCUT2D eigenvalue weighted by atomic mass is 35.5. The summed E-state index contributed by atoms with van der Waals surface area (Å²) in [6.45, 7) is 0.426. The quantitative estimate of drug-likeness (QED) is 0.590. The van der Waals surface area contributed by atoms with E-state index in [1.807, 2.05) is 12.1 Å². The van der Waals surface area contributed by atoms with Gasteiger partial charge in [-0.05, 0) is 34.5 Å². The van der Waals surface area contributed by atoms with Crippen LogP contribution >= 0.6 is 22.9 Å². The van der Waals surface area contributed by atoms with Crippen molar-refractivity contribution in [3.8, 4) is 5.75 Å². The summed E-state index contributed by atoms with van der Waals surface area (Å²) in [5.74, 6) is 0.458. The van der Waals surface area contributed by atoms with Crippen molar-refractivity contribution in [1.82, 2.24) is 0 Å². The second-order valence-corrected chi connectivity index (χ2v) is 5.65. The summed E-state index contributed by atoms with van der Waals surface area (Å²) >= 11 is 7.41. The molecule has 20 heavy (non-hydrogen) atoms. The van der Waals surface area contributed by atoms with Crippen LogP contribution in [0.15, 0.2) is 47.8 Å². The second kappa shape index (κ2) is 5.81. The highest BCUT2D eigenvalue weighted by Crippen LogP contribution is 2.27. The number of ether oxygens (including phenoxy) is 1. The van der Waals surface area contributed by atoms with Gasteiger partial charge < -0.3 is 4.74 Å². The van der Waals surface area contributed by atoms with E-state index in [0.717, 1.165) is 11.1 Å². The van der Waals surface area contributed by atoms with Gasteiger partial charge in [-0.25, -0.2) is 4.39 Å². The molecule has 0 amide bonds. The van der Waals surface area contributed by atoms with Crippen LogP contribution in [0.4, 0.5) is 4.39 Å². The van der Waals surface area contributed by atoms with Crippen molar-refractivity contribution in [2.24, 2.45) is 0 Å². The summed E-state index contributed by atoms with van der Waals surface area (Å²) in [7, 11) is 0. The molecule has 0 spiro atoms. The van der Waals surface area contributed by atoms with Gasteiger partial charge in [-0.2, -0.15) is 0 Å². The van der Waals surface area contributed by atoms with Crippen molar-refractivity contribution in [3.63, 3.8) is 0 Å². The van der Waals surface area contributed by atoms with E-state index in [0.29, 0.717) is 12.4 Å². The summed E-state index contributed by atoms with van der Waals surface area (Å²) in [6, 6.07) is 12.7. The largest absolute Gasteiger partial charge is 0.489 e. The Morgan fingerprint density at radius 3 is 2.85 bits per heavy atom. The van der Waals surface area contributed by atoms with E-state index in [-0.39, 0.29) is 11.7 Å². The van der Waals surface area contributed by atoms with Crippen molar-refractivity contribution in [2.45, 2.75) is 12.5 Å². The van der Waals surface area contributed by atoms with Crippen LogP contribution in [0.25, 0.3) is 10.1 Å². The van der Waals surface area contributed by atoms with Crippen molar-refractivity contribution in [2.75, 3.05) is 0 Å². The number of hydrogen-bond donors (Lipinski definition) is 0. The Balaban J connectivity index is 1.81. The first kappa shape index (κ1) is 13.4. The maximum absolute atomic E-state index is 13.4. The van der Waals surface area contributed by atoms with Gasteiger partial charge in [-0.15, -0.1) is 22.9 Å². The van der Waals surface area contributed by atoms with Crippen LogP contribution in [-0.2, 0) is 12.5 Å². The fraction of sp³-hybridized carbons (Fsp3) is 0.125. The fourth-order valence-electron chi connectivity index (χ4n) is 2.09. The van der Waals surface area contributed by atoms with E-state index < -0.39 is 0 Å². The normalized spacial score (nSPS) is 10.9. The average Bonchev–Trinajstić information content (AvgIpc) is 2.88. The second-order valence-electron chi connectivity index (χ2n) is 4.47. The highest BCUT2D eigenvalue weighted by molar-refractivity contribution is 7.17. The minimum Gasteiger partial charge on any atom is -0.489 e. The van der Waals surface area contributed by atoms with Crippen LogP contribution in [0.3, 0.4) is 0 Å². The molecule has 0 aliphatic carbocycles. The number of thiophene rings is 1. The summed E-state index contributed by atoms with van der Waals surface area (Å²) in [5, 5.41) is 3.26. The number of benzene rings is 2. The van der Waals surface area contributed by atoms with Crippen LogP contribution < -0.4 is 4.74 Å². The molecular formula is C16H12ClFOS. The van der Waals surface area contributed by atoms with Crippen LogP contribution in [0.5, 0.6) is 5.75 Å². The zero-order chi connectivity index (χ0) is 13.9. The van der Waals surface area contributed by atoms with E-state index in [4.69, 9.17) is 16.3 Å². The molecule has 102 valence electrons. The van der Waals surface area contributed by atoms with Crippen molar-refractivity contribution in [1.29, 1.82) is 0 Å². The van der Waals surface area contributed by atoms with Crippen molar-refractivity contribution >= 4 is 33.0 Å². The van der Waals surface area contributed by atoms with Gasteiger partial charge in [-0.3, -0.25) is 0 Å². The molecule has 3 rings (SSSR count). The van der Waals surface area contributed by atoms with E-state index >= 15 is 0 Å². The topological polar surface area (TPSA) is 9.23 Å². The molecule has 0 radical (unpaired) electrons. The lowest BCUT2D eigenvalue weighted by atomic mass is 10.2. The van der Waals surface area contributed by atoms with Crippen LogP contribution in [0.1, 0.15) is 11.1 Å². The van der Waals surface area contributed by atoms with E-state index in [2.05, 4.69) is 17.5 Å². The van der Waals surface area contributed by atoms with E-state index in [1.54, 1.807) is 17.4 Å². The molecule has 0 aliphatic rings. The first-order chi connectivity index (χ1) is 9.76. The Hall–Kier alpha value is -1.58. The first-order valence-electron chi connectivity index (χ1n) is 6.19. The lowest BCUT2D eigenvalue weighted by Crippen LogP contribution is -1.96. The third-order valence-electron chi connectivity index (χ3n) is 3.04. The van der Waals surface area contributed by atoms with Gasteiger partial charge >= 0.3 is 0 Å². The SMILES string of the molecule is Fc1cc(CCl)cc(OCc2csc3ccccc23)c1. The number of fused-ring (bicyclic) bond motifs is 1. The van der Waals surface area contributed by atoms with Gasteiger partial charge in [0.2, 0.25) is 0 Å². The smallest absolute Gasteiger partial charge is 0.127 e. The van der Waals surface area contributed by atoms with Gasteiger partial charge in [0.1, 0.15) is 18.2 Å². The summed E-state index contributed by atoms with van der Waals surface area (Å²) in [6.07, 6.45) is 0. The summed E-state index contributed by atoms with van der Waals surface area (Å²) in [5.41, 5.74) is 1.83. The molecule has 0 saturated heterocycles. The summed E-state index contributed by atoms with van der Waals surface area (Å²) in [4.78, 5) is 0. The highest BCUT2D eigenvalue weighted by Gasteiger charge is 2.06. The predicted molar refractivity (Wildman–Crippen MR) is 82.1 cm³/mol. The molecular weight excluding hydrogens is 295 g/mol. The van der Waals surface area contributed by atoms with Gasteiger partial charge in [0.05, 0.1) is 0 Å². The van der Waals surface area contributed by atoms with Gasteiger partial charge in [0.15, 0.2) is 0 Å². The Morgan fingerprint density at radius 2 is 2.00 bits per heavy atom. The van der Waals surface area contributed by atoms with Crippen LogP contribution in [0, 0.1) is 5.82 Å². The zero-order valence-corrected chi connectivity index (χ0v) is 12.2. The van der Waals surface area contributed by atoms with E-state index in [1.165, 1.54) is 22.2 Å². The van der Waals surface area contributed by atoms with Gasteiger partial charge in [-0.1, -0.05) is 18.2 Å². The van der Waals surface area contributed by atoms with Crippen LogP contribution in [0.2, 0.25) is 0 Å². The molecule has 0 unspecified atom stereocenters. The molecule has 3 aromatic rings. The average molecular weight is 307 g/mol. The molecule has 0 saturated carbocycles.